The van der Waals surface area contributed by atoms with E-state index in [-0.39, 0.29) is 5.41 Å². The topological polar surface area (TPSA) is 71.2 Å². The lowest BCUT2D eigenvalue weighted by atomic mass is 9.72. The molecule has 6 heteroatoms. The van der Waals surface area contributed by atoms with Gasteiger partial charge >= 0.3 is 0 Å². The third-order valence-corrected chi connectivity index (χ3v) is 6.24. The second kappa shape index (κ2) is 6.30. The summed E-state index contributed by atoms with van der Waals surface area (Å²) in [5.74, 6) is 1.41. The first-order valence-corrected chi connectivity index (χ1v) is 10.9. The number of rotatable bonds is 6. The van der Waals surface area contributed by atoms with E-state index < -0.39 is 10.0 Å². The van der Waals surface area contributed by atoms with Crippen molar-refractivity contribution in [1.29, 1.82) is 0 Å². The molecule has 2 aromatic carbocycles. The monoisotopic (exact) mass is 384 g/mol. The fourth-order valence-electron chi connectivity index (χ4n) is 4.08. The molecule has 1 aliphatic carbocycles. The molecule has 142 valence electrons. The molecular formula is C21H24N2O3S. The van der Waals surface area contributed by atoms with E-state index in [1.54, 1.807) is 13.2 Å². The van der Waals surface area contributed by atoms with Crippen molar-refractivity contribution in [1.82, 2.24) is 4.98 Å². The Morgan fingerprint density at radius 3 is 2.44 bits per heavy atom. The summed E-state index contributed by atoms with van der Waals surface area (Å²) in [5.41, 5.74) is 3.69. The Labute approximate surface area is 159 Å². The minimum Gasteiger partial charge on any atom is -0.497 e. The first-order valence-electron chi connectivity index (χ1n) is 9.06. The van der Waals surface area contributed by atoms with Gasteiger partial charge in [-0.05, 0) is 48.1 Å². The molecular weight excluding hydrogens is 360 g/mol. The van der Waals surface area contributed by atoms with Gasteiger partial charge in [-0.15, -0.1) is 0 Å². The molecule has 1 saturated carbocycles. The van der Waals surface area contributed by atoms with Gasteiger partial charge in [0.1, 0.15) is 5.75 Å². The second-order valence-electron chi connectivity index (χ2n) is 7.51. The third-order valence-electron chi connectivity index (χ3n) is 5.65. The zero-order valence-electron chi connectivity index (χ0n) is 15.7. The molecule has 3 aromatic rings. The summed E-state index contributed by atoms with van der Waals surface area (Å²) in [4.78, 5) is 3.31. The summed E-state index contributed by atoms with van der Waals surface area (Å²) in [6, 6.07) is 14.0. The average molecular weight is 385 g/mol. The molecule has 0 saturated heterocycles. The lowest BCUT2D eigenvalue weighted by molar-refractivity contribution is 0.413. The predicted molar refractivity (Wildman–Crippen MR) is 109 cm³/mol. The first-order chi connectivity index (χ1) is 12.8. The minimum atomic E-state index is -3.34. The van der Waals surface area contributed by atoms with Crippen molar-refractivity contribution in [3.63, 3.8) is 0 Å². The van der Waals surface area contributed by atoms with Crippen LogP contribution >= 0.6 is 0 Å². The molecule has 0 bridgehead atoms. The fourth-order valence-corrected chi connectivity index (χ4v) is 4.65. The third kappa shape index (κ3) is 3.18. The van der Waals surface area contributed by atoms with Crippen LogP contribution in [0.1, 0.15) is 30.9 Å². The Morgan fingerprint density at radius 1 is 1.15 bits per heavy atom. The molecule has 27 heavy (non-hydrogen) atoms. The van der Waals surface area contributed by atoms with Crippen molar-refractivity contribution in [3.8, 4) is 5.75 Å². The van der Waals surface area contributed by atoms with Gasteiger partial charge in [0, 0.05) is 17.0 Å². The zero-order chi connectivity index (χ0) is 19.2. The molecule has 2 N–H and O–H groups in total. The molecule has 1 atom stereocenters. The number of anilines is 1. The summed E-state index contributed by atoms with van der Waals surface area (Å²) in [6.07, 6.45) is 5.58. The molecule has 4 rings (SSSR count). The van der Waals surface area contributed by atoms with Crippen LogP contribution in [-0.2, 0) is 15.4 Å². The number of nitrogens with one attached hydrogen (secondary N) is 2. The van der Waals surface area contributed by atoms with Crippen LogP contribution in [0.3, 0.4) is 0 Å². The normalized spacial score (nSPS) is 16.9. The molecule has 1 unspecified atom stereocenters. The van der Waals surface area contributed by atoms with E-state index in [1.165, 1.54) is 30.2 Å². The van der Waals surface area contributed by atoms with Gasteiger partial charge in [0.2, 0.25) is 10.0 Å². The molecule has 0 amide bonds. The Morgan fingerprint density at radius 2 is 1.85 bits per heavy atom. The maximum Gasteiger partial charge on any atom is 0.229 e. The van der Waals surface area contributed by atoms with Gasteiger partial charge in [0.25, 0.3) is 0 Å². The standard InChI is InChI=1S/C21H24N2O3S/c1-21(14-7-8-14,15-9-11-16(26-2)12-10-15)18-13-22-20-17(18)5-4-6-19(20)23-27(3,24)25/h4-6,9-14,22-23H,7-8H2,1-3H3. The minimum absolute atomic E-state index is 0.145. The van der Waals surface area contributed by atoms with Crippen LogP contribution in [0.2, 0.25) is 0 Å². The number of H-pyrrole nitrogens is 1. The van der Waals surface area contributed by atoms with Gasteiger partial charge in [0.15, 0.2) is 0 Å². The maximum absolute atomic E-state index is 11.7. The van der Waals surface area contributed by atoms with Gasteiger partial charge in [-0.3, -0.25) is 4.72 Å². The molecule has 0 aliphatic heterocycles. The highest BCUT2D eigenvalue weighted by molar-refractivity contribution is 7.92. The van der Waals surface area contributed by atoms with E-state index in [9.17, 15) is 8.42 Å². The zero-order valence-corrected chi connectivity index (χ0v) is 16.6. The van der Waals surface area contributed by atoms with Crippen LogP contribution in [0, 0.1) is 5.92 Å². The second-order valence-corrected chi connectivity index (χ2v) is 9.26. The number of hydrogen-bond donors (Lipinski definition) is 2. The van der Waals surface area contributed by atoms with Gasteiger partial charge in [-0.2, -0.15) is 0 Å². The molecule has 1 fully saturated rings. The summed E-state index contributed by atoms with van der Waals surface area (Å²) < 4.78 is 31.3. The smallest absolute Gasteiger partial charge is 0.229 e. The van der Waals surface area contributed by atoms with Crippen LogP contribution in [0.25, 0.3) is 10.9 Å². The van der Waals surface area contributed by atoms with Crippen molar-refractivity contribution >= 4 is 26.6 Å². The first kappa shape index (κ1) is 17.9. The van der Waals surface area contributed by atoms with Gasteiger partial charge in [-0.25, -0.2) is 8.42 Å². The fraction of sp³-hybridized carbons (Fsp3) is 0.333. The molecule has 0 spiro atoms. The lowest BCUT2D eigenvalue weighted by Gasteiger charge is -2.31. The van der Waals surface area contributed by atoms with Crippen molar-refractivity contribution in [2.75, 3.05) is 18.1 Å². The number of para-hydroxylation sites is 1. The van der Waals surface area contributed by atoms with E-state index in [4.69, 9.17) is 4.74 Å². The predicted octanol–water partition coefficient (Wildman–Crippen LogP) is 4.26. The van der Waals surface area contributed by atoms with E-state index in [1.807, 2.05) is 24.4 Å². The Kier molecular flexibility index (Phi) is 4.18. The lowest BCUT2D eigenvalue weighted by Crippen LogP contribution is -2.26. The number of benzene rings is 2. The van der Waals surface area contributed by atoms with Crippen molar-refractivity contribution in [3.05, 3.63) is 59.8 Å². The van der Waals surface area contributed by atoms with Crippen molar-refractivity contribution in [2.24, 2.45) is 5.92 Å². The van der Waals surface area contributed by atoms with E-state index in [2.05, 4.69) is 34.8 Å². The molecule has 0 radical (unpaired) electrons. The van der Waals surface area contributed by atoms with Crippen LogP contribution < -0.4 is 9.46 Å². The summed E-state index contributed by atoms with van der Waals surface area (Å²) in [7, 11) is -1.67. The van der Waals surface area contributed by atoms with Crippen LogP contribution in [-0.4, -0.2) is 26.8 Å². The van der Waals surface area contributed by atoms with Crippen LogP contribution in [0.15, 0.2) is 48.7 Å². The highest BCUT2D eigenvalue weighted by Crippen LogP contribution is 2.53. The Balaban J connectivity index is 1.86. The number of sulfonamides is 1. The van der Waals surface area contributed by atoms with Gasteiger partial charge in [0.05, 0.1) is 24.6 Å². The number of hydrogen-bond acceptors (Lipinski definition) is 3. The Hall–Kier alpha value is -2.47. The van der Waals surface area contributed by atoms with Crippen LogP contribution in [0.5, 0.6) is 5.75 Å². The van der Waals surface area contributed by atoms with E-state index in [0.29, 0.717) is 11.6 Å². The van der Waals surface area contributed by atoms with Crippen molar-refractivity contribution in [2.45, 2.75) is 25.2 Å². The van der Waals surface area contributed by atoms with Crippen molar-refractivity contribution < 1.29 is 13.2 Å². The molecule has 1 aliphatic rings. The van der Waals surface area contributed by atoms with Gasteiger partial charge < -0.3 is 9.72 Å². The highest BCUT2D eigenvalue weighted by Gasteiger charge is 2.45. The number of aromatic amines is 1. The largest absolute Gasteiger partial charge is 0.497 e. The number of fused-ring (bicyclic) bond motifs is 1. The highest BCUT2D eigenvalue weighted by atomic mass is 32.2. The molecule has 1 aromatic heterocycles. The summed E-state index contributed by atoms with van der Waals surface area (Å²) >= 11 is 0. The quantitative estimate of drug-likeness (QED) is 0.667. The molecule has 1 heterocycles. The van der Waals surface area contributed by atoms with E-state index in [0.717, 1.165) is 16.7 Å². The maximum atomic E-state index is 11.7. The average Bonchev–Trinajstić information content (AvgIpc) is 3.40. The summed E-state index contributed by atoms with van der Waals surface area (Å²) in [6.45, 7) is 2.28. The Bertz CT molecular complexity index is 1080. The number of methoxy groups -OCH3 is 1. The number of ether oxygens (including phenoxy) is 1. The van der Waals surface area contributed by atoms with Crippen LogP contribution in [0.4, 0.5) is 5.69 Å². The van der Waals surface area contributed by atoms with Gasteiger partial charge in [-0.1, -0.05) is 31.2 Å². The van der Waals surface area contributed by atoms with E-state index >= 15 is 0 Å². The molecule has 5 nitrogen and oxygen atoms in total. The summed E-state index contributed by atoms with van der Waals surface area (Å²) in [5, 5.41) is 1.05. The SMILES string of the molecule is COc1ccc(C(C)(c2c[nH]c3c(NS(C)(=O)=O)cccc23)C2CC2)cc1. The number of aromatic nitrogens is 1.